The number of amides is 1. The molecule has 0 bridgehead atoms. The van der Waals surface area contributed by atoms with Crippen molar-refractivity contribution in [2.45, 2.75) is 6.54 Å². The van der Waals surface area contributed by atoms with E-state index in [1.165, 1.54) is 6.26 Å². The summed E-state index contributed by atoms with van der Waals surface area (Å²) in [6.45, 7) is 0.567. The Hall–Kier alpha value is -1.86. The Morgan fingerprint density at radius 3 is 2.86 bits per heavy atom. The lowest BCUT2D eigenvalue weighted by atomic mass is 10.2. The molecule has 0 unspecified atom stereocenters. The summed E-state index contributed by atoms with van der Waals surface area (Å²) in [5.74, 6) is 0.382. The van der Waals surface area contributed by atoms with Crippen LogP contribution in [-0.4, -0.2) is 15.7 Å². The zero-order valence-electron chi connectivity index (χ0n) is 11.3. The Kier molecular flexibility index (Phi) is 4.44. The second-order valence-corrected chi connectivity index (χ2v) is 6.29. The number of hydrogen-bond donors (Lipinski definition) is 1. The van der Waals surface area contributed by atoms with Gasteiger partial charge < -0.3 is 9.73 Å². The molecule has 0 aliphatic rings. The van der Waals surface area contributed by atoms with Crippen LogP contribution in [0.2, 0.25) is 0 Å². The summed E-state index contributed by atoms with van der Waals surface area (Å²) in [6.07, 6.45) is 3.05. The fourth-order valence-corrected chi connectivity index (χ4v) is 2.78. The summed E-state index contributed by atoms with van der Waals surface area (Å²) in [4.78, 5) is 12.1. The highest BCUT2D eigenvalue weighted by molar-refractivity contribution is 9.10. The summed E-state index contributed by atoms with van der Waals surface area (Å²) >= 11 is 6.62. The molecule has 1 aromatic carbocycles. The Labute approximate surface area is 143 Å². The van der Waals surface area contributed by atoms with Crippen molar-refractivity contribution < 1.29 is 9.21 Å². The first kappa shape index (κ1) is 15.1. The maximum atomic E-state index is 12.1. The summed E-state index contributed by atoms with van der Waals surface area (Å²) in [5.41, 5.74) is 1.53. The quantitative estimate of drug-likeness (QED) is 0.679. The predicted molar refractivity (Wildman–Crippen MR) is 89.8 cm³/mol. The van der Waals surface area contributed by atoms with Gasteiger partial charge in [0.1, 0.15) is 12.1 Å². The zero-order chi connectivity index (χ0) is 15.5. The maximum Gasteiger partial charge on any atom is 0.260 e. The average molecular weight is 425 g/mol. The van der Waals surface area contributed by atoms with Gasteiger partial charge in [0.25, 0.3) is 5.91 Å². The van der Waals surface area contributed by atoms with Gasteiger partial charge >= 0.3 is 0 Å². The highest BCUT2D eigenvalue weighted by Gasteiger charge is 2.12. The highest BCUT2D eigenvalue weighted by atomic mass is 79.9. The van der Waals surface area contributed by atoms with Crippen LogP contribution in [0.1, 0.15) is 15.9 Å². The monoisotopic (exact) mass is 423 g/mol. The Morgan fingerprint density at radius 1 is 1.27 bits per heavy atom. The number of nitrogens with zero attached hydrogens (tertiary/aromatic N) is 2. The van der Waals surface area contributed by atoms with Gasteiger partial charge in [0.05, 0.1) is 18.3 Å². The summed E-state index contributed by atoms with van der Waals surface area (Å²) in [7, 11) is 0. The molecule has 2 heterocycles. The smallest absolute Gasteiger partial charge is 0.260 e. The van der Waals surface area contributed by atoms with Crippen LogP contribution in [0.5, 0.6) is 0 Å². The number of anilines is 1. The van der Waals surface area contributed by atoms with Gasteiger partial charge in [-0.1, -0.05) is 28.1 Å². The van der Waals surface area contributed by atoms with Crippen molar-refractivity contribution in [3.05, 3.63) is 69.1 Å². The van der Waals surface area contributed by atoms with Crippen molar-refractivity contribution in [2.24, 2.45) is 0 Å². The minimum absolute atomic E-state index is 0.245. The van der Waals surface area contributed by atoms with Crippen LogP contribution >= 0.6 is 31.9 Å². The van der Waals surface area contributed by atoms with Crippen LogP contribution in [-0.2, 0) is 6.54 Å². The molecule has 0 saturated carbocycles. The second-order valence-electron chi connectivity index (χ2n) is 4.60. The molecule has 0 aliphatic heterocycles. The Balaban J connectivity index is 1.76. The number of rotatable bonds is 4. The second kappa shape index (κ2) is 6.50. The summed E-state index contributed by atoms with van der Waals surface area (Å²) < 4.78 is 8.32. The molecule has 5 nitrogen and oxygen atoms in total. The van der Waals surface area contributed by atoms with Crippen molar-refractivity contribution in [3.63, 3.8) is 0 Å². The van der Waals surface area contributed by atoms with Crippen molar-refractivity contribution in [2.75, 3.05) is 5.32 Å². The lowest BCUT2D eigenvalue weighted by Crippen LogP contribution is -2.15. The molecule has 0 radical (unpaired) electrons. The van der Waals surface area contributed by atoms with Gasteiger partial charge in [0.15, 0.2) is 4.67 Å². The molecular formula is C15H11Br2N3O2. The van der Waals surface area contributed by atoms with Crippen LogP contribution in [0, 0.1) is 0 Å². The highest BCUT2D eigenvalue weighted by Crippen LogP contribution is 2.17. The standard InChI is InChI=1S/C15H11Br2N3O2/c16-12-3-1-2-10(6-12)8-20-14(4-5-18-20)19-15(21)11-7-13(17)22-9-11/h1-7,9H,8H2,(H,19,21). The number of carbonyl (C=O) groups is 1. The lowest BCUT2D eigenvalue weighted by molar-refractivity contribution is 0.102. The fraction of sp³-hybridized carbons (Fsp3) is 0.0667. The SMILES string of the molecule is O=C(Nc1ccnn1Cc1cccc(Br)c1)c1coc(Br)c1. The van der Waals surface area contributed by atoms with Crippen LogP contribution in [0.3, 0.4) is 0 Å². The van der Waals surface area contributed by atoms with E-state index in [0.29, 0.717) is 22.6 Å². The molecule has 0 fully saturated rings. The van der Waals surface area contributed by atoms with E-state index < -0.39 is 0 Å². The molecule has 1 amide bonds. The zero-order valence-corrected chi connectivity index (χ0v) is 14.5. The van der Waals surface area contributed by atoms with Crippen molar-refractivity contribution >= 4 is 43.6 Å². The normalized spacial score (nSPS) is 10.6. The van der Waals surface area contributed by atoms with E-state index in [9.17, 15) is 4.79 Å². The molecule has 0 atom stereocenters. The van der Waals surface area contributed by atoms with Crippen molar-refractivity contribution in [3.8, 4) is 0 Å². The van der Waals surface area contributed by atoms with E-state index in [2.05, 4.69) is 42.3 Å². The molecular weight excluding hydrogens is 414 g/mol. The number of carbonyl (C=O) groups excluding carboxylic acids is 1. The fourth-order valence-electron chi connectivity index (χ4n) is 1.99. The molecule has 3 rings (SSSR count). The van der Waals surface area contributed by atoms with E-state index in [1.807, 2.05) is 24.3 Å². The first-order valence-electron chi connectivity index (χ1n) is 6.43. The minimum Gasteiger partial charge on any atom is -0.457 e. The van der Waals surface area contributed by atoms with E-state index in [4.69, 9.17) is 4.42 Å². The van der Waals surface area contributed by atoms with Crippen molar-refractivity contribution in [1.82, 2.24) is 9.78 Å². The number of halogens is 2. The van der Waals surface area contributed by atoms with Gasteiger partial charge in [-0.2, -0.15) is 5.10 Å². The molecule has 0 spiro atoms. The molecule has 2 aromatic heterocycles. The Bertz CT molecular complexity index is 810. The van der Waals surface area contributed by atoms with E-state index >= 15 is 0 Å². The van der Waals surface area contributed by atoms with Gasteiger partial charge in [0, 0.05) is 16.6 Å². The van der Waals surface area contributed by atoms with Gasteiger partial charge in [-0.15, -0.1) is 0 Å². The first-order chi connectivity index (χ1) is 10.6. The molecule has 1 N–H and O–H groups in total. The number of hydrogen-bond acceptors (Lipinski definition) is 3. The van der Waals surface area contributed by atoms with E-state index in [1.54, 1.807) is 23.0 Å². The summed E-state index contributed by atoms with van der Waals surface area (Å²) in [6, 6.07) is 11.3. The molecule has 3 aromatic rings. The van der Waals surface area contributed by atoms with Gasteiger partial charge in [-0.25, -0.2) is 4.68 Å². The minimum atomic E-state index is -0.245. The molecule has 22 heavy (non-hydrogen) atoms. The summed E-state index contributed by atoms with van der Waals surface area (Å²) in [5, 5.41) is 7.07. The van der Waals surface area contributed by atoms with Gasteiger partial charge in [-0.05, 0) is 33.6 Å². The number of benzene rings is 1. The largest absolute Gasteiger partial charge is 0.457 e. The molecule has 0 aliphatic carbocycles. The average Bonchev–Trinajstić information content (AvgIpc) is 3.09. The first-order valence-corrected chi connectivity index (χ1v) is 8.02. The maximum absolute atomic E-state index is 12.1. The Morgan fingerprint density at radius 2 is 2.14 bits per heavy atom. The third-order valence-electron chi connectivity index (χ3n) is 3.01. The van der Waals surface area contributed by atoms with Gasteiger partial charge in [-0.3, -0.25) is 4.79 Å². The van der Waals surface area contributed by atoms with Crippen LogP contribution in [0.25, 0.3) is 0 Å². The van der Waals surface area contributed by atoms with E-state index in [0.717, 1.165) is 10.0 Å². The number of aromatic nitrogens is 2. The predicted octanol–water partition coefficient (Wildman–Crippen LogP) is 4.30. The molecule has 0 saturated heterocycles. The number of nitrogens with one attached hydrogen (secondary N) is 1. The molecule has 7 heteroatoms. The van der Waals surface area contributed by atoms with E-state index in [-0.39, 0.29) is 5.91 Å². The third kappa shape index (κ3) is 3.48. The third-order valence-corrected chi connectivity index (χ3v) is 3.92. The molecule has 112 valence electrons. The number of furan rings is 1. The van der Waals surface area contributed by atoms with Crippen LogP contribution in [0.15, 0.2) is 62.4 Å². The van der Waals surface area contributed by atoms with Gasteiger partial charge in [0.2, 0.25) is 0 Å². The van der Waals surface area contributed by atoms with Crippen LogP contribution in [0.4, 0.5) is 5.82 Å². The van der Waals surface area contributed by atoms with Crippen molar-refractivity contribution in [1.29, 1.82) is 0 Å². The topological polar surface area (TPSA) is 60.1 Å². The van der Waals surface area contributed by atoms with Crippen LogP contribution < -0.4 is 5.32 Å². The lowest BCUT2D eigenvalue weighted by Gasteiger charge is -2.08.